The smallest absolute Gasteiger partial charge is 0.319 e. The molecule has 1 aromatic heterocycles. The molecule has 2 aromatic rings. The summed E-state index contributed by atoms with van der Waals surface area (Å²) >= 11 is 0. The van der Waals surface area contributed by atoms with Crippen molar-refractivity contribution < 1.29 is 14.1 Å². The zero-order valence-electron chi connectivity index (χ0n) is 14.2. The SMILES string of the molecule is CCOc1cc(NC(=O)NC(C)c2c(C)noc2C)ccc1C. The number of nitrogens with zero attached hydrogens (tertiary/aromatic N) is 1. The van der Waals surface area contributed by atoms with Gasteiger partial charge in [0.2, 0.25) is 0 Å². The minimum atomic E-state index is -0.288. The van der Waals surface area contributed by atoms with Crippen LogP contribution >= 0.6 is 0 Å². The third-order valence-corrected chi connectivity index (χ3v) is 3.62. The van der Waals surface area contributed by atoms with Crippen LogP contribution < -0.4 is 15.4 Å². The first kappa shape index (κ1) is 16.9. The highest BCUT2D eigenvalue weighted by Gasteiger charge is 2.18. The number of aryl methyl sites for hydroxylation is 3. The Morgan fingerprint density at radius 1 is 1.35 bits per heavy atom. The Hall–Kier alpha value is -2.50. The van der Waals surface area contributed by atoms with Gasteiger partial charge in [0.1, 0.15) is 11.5 Å². The van der Waals surface area contributed by atoms with Crippen molar-refractivity contribution in [1.82, 2.24) is 10.5 Å². The maximum atomic E-state index is 12.2. The lowest BCUT2D eigenvalue weighted by Crippen LogP contribution is -2.31. The molecule has 23 heavy (non-hydrogen) atoms. The molecule has 0 saturated carbocycles. The Kier molecular flexibility index (Phi) is 5.26. The number of ether oxygens (including phenoxy) is 1. The van der Waals surface area contributed by atoms with E-state index in [1.807, 2.05) is 52.8 Å². The van der Waals surface area contributed by atoms with Crippen molar-refractivity contribution in [2.45, 2.75) is 40.7 Å². The number of hydrogen-bond acceptors (Lipinski definition) is 4. The Balaban J connectivity index is 2.03. The van der Waals surface area contributed by atoms with Crippen molar-refractivity contribution in [2.24, 2.45) is 0 Å². The highest BCUT2D eigenvalue weighted by molar-refractivity contribution is 5.89. The van der Waals surface area contributed by atoms with Crippen LogP contribution in [0.15, 0.2) is 22.7 Å². The molecule has 1 atom stereocenters. The minimum Gasteiger partial charge on any atom is -0.494 e. The second-order valence-corrected chi connectivity index (χ2v) is 5.47. The van der Waals surface area contributed by atoms with Gasteiger partial charge in [-0.25, -0.2) is 4.79 Å². The average Bonchev–Trinajstić information content (AvgIpc) is 2.82. The number of nitrogens with one attached hydrogen (secondary N) is 2. The molecule has 1 heterocycles. The highest BCUT2D eigenvalue weighted by Crippen LogP contribution is 2.23. The first-order valence-corrected chi connectivity index (χ1v) is 7.66. The van der Waals surface area contributed by atoms with E-state index >= 15 is 0 Å². The lowest BCUT2D eigenvalue weighted by molar-refractivity contribution is 0.249. The van der Waals surface area contributed by atoms with E-state index in [0.29, 0.717) is 18.1 Å². The van der Waals surface area contributed by atoms with Gasteiger partial charge in [-0.2, -0.15) is 0 Å². The quantitative estimate of drug-likeness (QED) is 0.877. The van der Waals surface area contributed by atoms with Crippen LogP contribution in [0.25, 0.3) is 0 Å². The number of aromatic nitrogens is 1. The molecule has 0 spiro atoms. The molecule has 2 amide bonds. The van der Waals surface area contributed by atoms with E-state index in [2.05, 4.69) is 15.8 Å². The van der Waals surface area contributed by atoms with Crippen LogP contribution in [-0.4, -0.2) is 17.8 Å². The van der Waals surface area contributed by atoms with Gasteiger partial charge in [-0.05, 0) is 46.2 Å². The van der Waals surface area contributed by atoms with Crippen LogP contribution in [-0.2, 0) is 0 Å². The van der Waals surface area contributed by atoms with Gasteiger partial charge in [-0.15, -0.1) is 0 Å². The van der Waals surface area contributed by atoms with E-state index < -0.39 is 0 Å². The first-order valence-electron chi connectivity index (χ1n) is 7.66. The van der Waals surface area contributed by atoms with Crippen LogP contribution in [0.5, 0.6) is 5.75 Å². The van der Waals surface area contributed by atoms with Crippen molar-refractivity contribution >= 4 is 11.7 Å². The number of carbonyl (C=O) groups excluding carboxylic acids is 1. The number of urea groups is 1. The normalized spacial score (nSPS) is 11.9. The highest BCUT2D eigenvalue weighted by atomic mass is 16.5. The summed E-state index contributed by atoms with van der Waals surface area (Å²) in [4.78, 5) is 12.2. The Morgan fingerprint density at radius 2 is 2.09 bits per heavy atom. The third kappa shape index (κ3) is 4.03. The molecule has 6 heteroatoms. The molecular formula is C17H23N3O3. The molecular weight excluding hydrogens is 294 g/mol. The summed E-state index contributed by atoms with van der Waals surface area (Å²) in [5.74, 6) is 1.48. The number of amides is 2. The molecule has 1 aromatic carbocycles. The summed E-state index contributed by atoms with van der Waals surface area (Å²) < 4.78 is 10.7. The molecule has 124 valence electrons. The van der Waals surface area contributed by atoms with E-state index in [-0.39, 0.29) is 12.1 Å². The number of rotatable bonds is 5. The monoisotopic (exact) mass is 317 g/mol. The zero-order chi connectivity index (χ0) is 17.0. The standard InChI is InChI=1S/C17H23N3O3/c1-6-22-15-9-14(8-7-10(15)2)19-17(21)18-11(3)16-12(4)20-23-13(16)5/h7-9,11H,6H2,1-5H3,(H2,18,19,21). The van der Waals surface area contributed by atoms with Crippen LogP contribution in [0.2, 0.25) is 0 Å². The summed E-state index contributed by atoms with van der Waals surface area (Å²) in [6, 6.07) is 5.09. The van der Waals surface area contributed by atoms with Gasteiger partial charge < -0.3 is 19.9 Å². The van der Waals surface area contributed by atoms with Gasteiger partial charge >= 0.3 is 6.03 Å². The Labute approximate surface area is 136 Å². The fourth-order valence-electron chi connectivity index (χ4n) is 2.53. The molecule has 0 aliphatic carbocycles. The third-order valence-electron chi connectivity index (χ3n) is 3.62. The molecule has 0 radical (unpaired) electrons. The van der Waals surface area contributed by atoms with Gasteiger partial charge in [0.15, 0.2) is 0 Å². The van der Waals surface area contributed by atoms with Gasteiger partial charge in [0, 0.05) is 17.3 Å². The van der Waals surface area contributed by atoms with Crippen LogP contribution in [0.4, 0.5) is 10.5 Å². The van der Waals surface area contributed by atoms with Gasteiger partial charge in [0.05, 0.1) is 18.3 Å². The van der Waals surface area contributed by atoms with Crippen molar-refractivity contribution in [3.63, 3.8) is 0 Å². The first-order chi connectivity index (χ1) is 10.9. The number of carbonyl (C=O) groups is 1. The molecule has 2 rings (SSSR count). The van der Waals surface area contributed by atoms with E-state index in [9.17, 15) is 4.79 Å². The predicted molar refractivity (Wildman–Crippen MR) is 88.9 cm³/mol. The number of benzene rings is 1. The van der Waals surface area contributed by atoms with Crippen LogP contribution in [0.1, 0.15) is 42.5 Å². The van der Waals surface area contributed by atoms with Crippen molar-refractivity contribution in [1.29, 1.82) is 0 Å². The topological polar surface area (TPSA) is 76.4 Å². The van der Waals surface area contributed by atoms with Gasteiger partial charge in [0.25, 0.3) is 0 Å². The maximum Gasteiger partial charge on any atom is 0.319 e. The van der Waals surface area contributed by atoms with Crippen molar-refractivity contribution in [2.75, 3.05) is 11.9 Å². The summed E-state index contributed by atoms with van der Waals surface area (Å²) in [7, 11) is 0. The fourth-order valence-corrected chi connectivity index (χ4v) is 2.53. The molecule has 0 bridgehead atoms. The molecule has 6 nitrogen and oxygen atoms in total. The lowest BCUT2D eigenvalue weighted by atomic mass is 10.1. The zero-order valence-corrected chi connectivity index (χ0v) is 14.2. The summed E-state index contributed by atoms with van der Waals surface area (Å²) in [6.07, 6.45) is 0. The molecule has 0 aliphatic heterocycles. The molecule has 0 fully saturated rings. The van der Waals surface area contributed by atoms with Gasteiger partial charge in [-0.3, -0.25) is 0 Å². The fraction of sp³-hybridized carbons (Fsp3) is 0.412. The lowest BCUT2D eigenvalue weighted by Gasteiger charge is -2.15. The van der Waals surface area contributed by atoms with E-state index in [4.69, 9.17) is 9.26 Å². The summed E-state index contributed by atoms with van der Waals surface area (Å²) in [5, 5.41) is 9.61. The Bertz CT molecular complexity index is 675. The second-order valence-electron chi connectivity index (χ2n) is 5.47. The maximum absolute atomic E-state index is 12.2. The van der Waals surface area contributed by atoms with Crippen LogP contribution in [0.3, 0.4) is 0 Å². The average molecular weight is 317 g/mol. The summed E-state index contributed by atoms with van der Waals surface area (Å²) in [6.45, 7) is 10.1. The van der Waals surface area contributed by atoms with E-state index in [1.165, 1.54) is 0 Å². The van der Waals surface area contributed by atoms with E-state index in [1.54, 1.807) is 0 Å². The van der Waals surface area contributed by atoms with Crippen LogP contribution in [0, 0.1) is 20.8 Å². The molecule has 0 aliphatic rings. The predicted octanol–water partition coefficient (Wildman–Crippen LogP) is 3.88. The molecule has 1 unspecified atom stereocenters. The second kappa shape index (κ2) is 7.17. The minimum absolute atomic E-state index is 0.196. The number of hydrogen-bond donors (Lipinski definition) is 2. The Morgan fingerprint density at radius 3 is 2.70 bits per heavy atom. The van der Waals surface area contributed by atoms with Crippen molar-refractivity contribution in [3.05, 3.63) is 40.8 Å². The summed E-state index contributed by atoms with van der Waals surface area (Å²) in [5.41, 5.74) is 3.40. The molecule has 0 saturated heterocycles. The number of anilines is 1. The van der Waals surface area contributed by atoms with Crippen molar-refractivity contribution in [3.8, 4) is 5.75 Å². The largest absolute Gasteiger partial charge is 0.494 e. The molecule has 2 N–H and O–H groups in total. The van der Waals surface area contributed by atoms with Gasteiger partial charge in [-0.1, -0.05) is 11.2 Å². The van der Waals surface area contributed by atoms with E-state index in [0.717, 1.165) is 22.6 Å².